The van der Waals surface area contributed by atoms with Crippen molar-refractivity contribution in [2.45, 2.75) is 83.8 Å². The summed E-state index contributed by atoms with van der Waals surface area (Å²) in [5, 5.41) is 0. The van der Waals surface area contributed by atoms with Crippen LogP contribution in [-0.4, -0.2) is 40.2 Å². The van der Waals surface area contributed by atoms with Gasteiger partial charge in [0.25, 0.3) is 0 Å². The molecule has 1 unspecified atom stereocenters. The number of nitrogens with zero attached hydrogens (tertiary/aromatic N) is 3. The molecule has 5 heteroatoms. The monoisotopic (exact) mass is 425 g/mol. The third-order valence-electron chi connectivity index (χ3n) is 7.53. The van der Waals surface area contributed by atoms with Crippen LogP contribution in [0, 0.1) is 18.2 Å². The zero-order valence-corrected chi connectivity index (χ0v) is 19.4. The van der Waals surface area contributed by atoms with Crippen LogP contribution in [-0.2, 0) is 16.7 Å². The molecule has 0 N–H and O–H groups in total. The van der Waals surface area contributed by atoms with Crippen LogP contribution >= 0.6 is 0 Å². The Kier molecular flexibility index (Phi) is 6.45. The number of halogens is 1. The molecule has 2 aromatic rings. The predicted molar refractivity (Wildman–Crippen MR) is 121 cm³/mol. The van der Waals surface area contributed by atoms with Crippen molar-refractivity contribution in [3.63, 3.8) is 0 Å². The molecule has 0 aliphatic carbocycles. The average Bonchev–Trinajstić information content (AvgIpc) is 3.05. The minimum atomic E-state index is -0.271. The van der Waals surface area contributed by atoms with Crippen LogP contribution in [0.5, 0.6) is 0 Å². The highest BCUT2D eigenvalue weighted by Gasteiger charge is 2.52. The van der Waals surface area contributed by atoms with Gasteiger partial charge in [0.05, 0.1) is 12.8 Å². The first-order valence-electron chi connectivity index (χ1n) is 11.7. The molecule has 2 bridgehead atoms. The zero-order valence-electron chi connectivity index (χ0n) is 19.4. The highest BCUT2D eigenvalue weighted by molar-refractivity contribution is 5.23. The molecule has 2 saturated heterocycles. The largest absolute Gasteiger partial charge is 0.381 e. The molecule has 31 heavy (non-hydrogen) atoms. The van der Waals surface area contributed by atoms with Crippen molar-refractivity contribution in [3.05, 3.63) is 59.4 Å². The average molecular weight is 426 g/mol. The lowest BCUT2D eigenvalue weighted by Gasteiger charge is -2.52. The summed E-state index contributed by atoms with van der Waals surface area (Å²) in [6.45, 7) is 10.4. The molecule has 0 aromatic carbocycles. The summed E-state index contributed by atoms with van der Waals surface area (Å²) in [4.78, 5) is 11.6. The summed E-state index contributed by atoms with van der Waals surface area (Å²) in [5.41, 5.74) is 3.45. The minimum absolute atomic E-state index is 0.0389. The number of aryl methyl sites for hydroxylation is 2. The molecule has 0 amide bonds. The number of piperidine rings is 1. The fraction of sp³-hybridized carbons (Fsp3) is 0.615. The fourth-order valence-corrected chi connectivity index (χ4v) is 6.00. The maximum absolute atomic E-state index is 13.3. The Balaban J connectivity index is 1.53. The van der Waals surface area contributed by atoms with Crippen molar-refractivity contribution in [2.24, 2.45) is 5.41 Å². The van der Waals surface area contributed by atoms with Crippen molar-refractivity contribution < 1.29 is 9.13 Å². The standard InChI is InChI=1S/C26H36FN3O/c1-5-31-18-26(13-12-22-9-8-21(27)17-29-22)14-23-10-11-24(15-26)30(23)25(3,4)20-7-6-19(2)28-16-20/h6-9,16-17,23-24H,5,10-15,18H2,1-4H3/t23-,24+,26?. The Morgan fingerprint density at radius 3 is 2.42 bits per heavy atom. The Morgan fingerprint density at radius 2 is 1.84 bits per heavy atom. The van der Waals surface area contributed by atoms with Crippen molar-refractivity contribution in [3.8, 4) is 0 Å². The summed E-state index contributed by atoms with van der Waals surface area (Å²) in [7, 11) is 0. The van der Waals surface area contributed by atoms with E-state index in [1.807, 2.05) is 13.0 Å². The summed E-state index contributed by atoms with van der Waals surface area (Å²) in [5.74, 6) is -0.271. The number of pyridine rings is 2. The van der Waals surface area contributed by atoms with Crippen LogP contribution in [0.2, 0.25) is 0 Å². The lowest BCUT2D eigenvalue weighted by atomic mass is 9.70. The van der Waals surface area contributed by atoms with E-state index >= 15 is 0 Å². The van der Waals surface area contributed by atoms with Crippen molar-refractivity contribution in [1.82, 2.24) is 14.9 Å². The van der Waals surface area contributed by atoms with Gasteiger partial charge in [0, 0.05) is 41.8 Å². The number of ether oxygens (including phenoxy) is 1. The Labute approximate surface area is 186 Å². The highest BCUT2D eigenvalue weighted by Crippen LogP contribution is 2.52. The lowest BCUT2D eigenvalue weighted by molar-refractivity contribution is -0.0641. The summed E-state index contributed by atoms with van der Waals surface area (Å²) >= 11 is 0. The van der Waals surface area contributed by atoms with E-state index in [0.717, 1.165) is 50.3 Å². The van der Waals surface area contributed by atoms with Crippen LogP contribution in [0.25, 0.3) is 0 Å². The maximum atomic E-state index is 13.3. The first kappa shape index (κ1) is 22.3. The van der Waals surface area contributed by atoms with Gasteiger partial charge in [-0.15, -0.1) is 0 Å². The molecule has 3 atom stereocenters. The topological polar surface area (TPSA) is 38.2 Å². The second-order valence-corrected chi connectivity index (χ2v) is 10.1. The van der Waals surface area contributed by atoms with Gasteiger partial charge in [0.15, 0.2) is 0 Å². The zero-order chi connectivity index (χ0) is 22.1. The van der Waals surface area contributed by atoms with E-state index in [1.165, 1.54) is 30.7 Å². The molecular weight excluding hydrogens is 389 g/mol. The van der Waals surface area contributed by atoms with Crippen LogP contribution in [0.3, 0.4) is 0 Å². The molecule has 2 aromatic heterocycles. The van der Waals surface area contributed by atoms with Gasteiger partial charge in [0.2, 0.25) is 0 Å². The van der Waals surface area contributed by atoms with E-state index in [2.05, 4.69) is 54.0 Å². The molecule has 2 fully saturated rings. The van der Waals surface area contributed by atoms with Gasteiger partial charge >= 0.3 is 0 Å². The Hall–Kier alpha value is -1.85. The number of rotatable bonds is 8. The number of hydrogen-bond donors (Lipinski definition) is 0. The van der Waals surface area contributed by atoms with Gasteiger partial charge in [-0.1, -0.05) is 6.07 Å². The van der Waals surface area contributed by atoms with E-state index in [9.17, 15) is 4.39 Å². The molecule has 168 valence electrons. The van der Waals surface area contributed by atoms with Crippen molar-refractivity contribution in [1.29, 1.82) is 0 Å². The third kappa shape index (κ3) is 4.68. The van der Waals surface area contributed by atoms with Gasteiger partial charge in [-0.05, 0) is 95.4 Å². The van der Waals surface area contributed by atoms with Crippen molar-refractivity contribution in [2.75, 3.05) is 13.2 Å². The molecule has 0 radical (unpaired) electrons. The molecule has 4 heterocycles. The van der Waals surface area contributed by atoms with Gasteiger partial charge in [-0.25, -0.2) is 4.39 Å². The lowest BCUT2D eigenvalue weighted by Crippen LogP contribution is -2.56. The molecule has 4 nitrogen and oxygen atoms in total. The van der Waals surface area contributed by atoms with Crippen LogP contribution in [0.4, 0.5) is 4.39 Å². The molecule has 0 saturated carbocycles. The molecular formula is C26H36FN3O. The van der Waals surface area contributed by atoms with Crippen molar-refractivity contribution >= 4 is 0 Å². The molecule has 0 spiro atoms. The van der Waals surface area contributed by atoms with Gasteiger partial charge < -0.3 is 4.74 Å². The van der Waals surface area contributed by atoms with E-state index in [4.69, 9.17) is 4.74 Å². The first-order chi connectivity index (χ1) is 14.8. The van der Waals surface area contributed by atoms with E-state index in [0.29, 0.717) is 12.1 Å². The quantitative estimate of drug-likeness (QED) is 0.564. The van der Waals surface area contributed by atoms with Crippen LogP contribution in [0.1, 0.15) is 69.8 Å². The second-order valence-electron chi connectivity index (χ2n) is 10.1. The number of hydrogen-bond acceptors (Lipinski definition) is 4. The first-order valence-corrected chi connectivity index (χ1v) is 11.7. The summed E-state index contributed by atoms with van der Waals surface area (Å²) in [6, 6.07) is 8.80. The summed E-state index contributed by atoms with van der Waals surface area (Å²) < 4.78 is 19.3. The summed E-state index contributed by atoms with van der Waals surface area (Å²) in [6.07, 6.45) is 10.1. The van der Waals surface area contributed by atoms with Gasteiger partial charge in [-0.3, -0.25) is 14.9 Å². The minimum Gasteiger partial charge on any atom is -0.381 e. The molecule has 2 aliphatic rings. The second kappa shape index (κ2) is 8.95. The maximum Gasteiger partial charge on any atom is 0.141 e. The molecule has 2 aliphatic heterocycles. The Morgan fingerprint density at radius 1 is 1.10 bits per heavy atom. The third-order valence-corrected chi connectivity index (χ3v) is 7.53. The van der Waals surface area contributed by atoms with Crippen LogP contribution < -0.4 is 0 Å². The number of fused-ring (bicyclic) bond motifs is 2. The SMILES string of the molecule is CCOCC1(CCc2ccc(F)cn2)C[C@H]2CC[C@@H](C1)N2C(C)(C)c1ccc(C)nc1. The smallest absolute Gasteiger partial charge is 0.141 e. The highest BCUT2D eigenvalue weighted by atomic mass is 19.1. The number of aromatic nitrogens is 2. The van der Waals surface area contributed by atoms with Gasteiger partial charge in [-0.2, -0.15) is 0 Å². The van der Waals surface area contributed by atoms with Gasteiger partial charge in [0.1, 0.15) is 5.82 Å². The van der Waals surface area contributed by atoms with E-state index in [1.54, 1.807) is 0 Å². The fourth-order valence-electron chi connectivity index (χ4n) is 6.00. The molecule has 4 rings (SSSR count). The van der Waals surface area contributed by atoms with Crippen LogP contribution in [0.15, 0.2) is 36.7 Å². The van der Waals surface area contributed by atoms with E-state index in [-0.39, 0.29) is 16.8 Å². The Bertz CT molecular complexity index is 851. The van der Waals surface area contributed by atoms with E-state index < -0.39 is 0 Å². The predicted octanol–water partition coefficient (Wildman–Crippen LogP) is 5.44. The normalized spacial score (nSPS) is 26.4.